The molecule has 0 aliphatic carbocycles. The summed E-state index contributed by atoms with van der Waals surface area (Å²) in [5.41, 5.74) is 5.32. The summed E-state index contributed by atoms with van der Waals surface area (Å²) in [5.74, 6) is 0.309. The second kappa shape index (κ2) is 5.27. The van der Waals surface area contributed by atoms with Gasteiger partial charge in [-0.2, -0.15) is 0 Å². The summed E-state index contributed by atoms with van der Waals surface area (Å²) in [6, 6.07) is 0. The Kier molecular flexibility index (Phi) is 5.09. The van der Waals surface area contributed by atoms with E-state index in [-0.39, 0.29) is 4.75 Å². The zero-order chi connectivity index (χ0) is 9.61. The zero-order valence-electron chi connectivity index (χ0n) is 7.82. The molecule has 0 aliphatic heterocycles. The standard InChI is InChI=1S/C9H17NOS/c1-4-5-9(12-11,6-7-10)8(2)3/h4-8,11H,10H2,1-3H3. The van der Waals surface area contributed by atoms with Crippen LogP contribution in [0.25, 0.3) is 0 Å². The molecule has 2 nitrogen and oxygen atoms in total. The lowest BCUT2D eigenvalue weighted by Crippen LogP contribution is -2.26. The van der Waals surface area contributed by atoms with Gasteiger partial charge in [0.25, 0.3) is 0 Å². The average Bonchev–Trinajstić information content (AvgIpc) is 2.03. The number of rotatable bonds is 4. The monoisotopic (exact) mass is 187 g/mol. The number of nitrogens with two attached hydrogens (primary N) is 1. The topological polar surface area (TPSA) is 46.2 Å². The van der Waals surface area contributed by atoms with E-state index in [1.807, 2.05) is 39.0 Å². The molecule has 1 unspecified atom stereocenters. The fraction of sp³-hybridized carbons (Fsp3) is 0.556. The molecule has 0 amide bonds. The molecule has 1 atom stereocenters. The lowest BCUT2D eigenvalue weighted by atomic mass is 9.94. The van der Waals surface area contributed by atoms with E-state index in [4.69, 9.17) is 10.3 Å². The van der Waals surface area contributed by atoms with Crippen LogP contribution in [0.1, 0.15) is 20.8 Å². The van der Waals surface area contributed by atoms with Crippen LogP contribution in [0, 0.1) is 5.92 Å². The van der Waals surface area contributed by atoms with Crippen molar-refractivity contribution < 1.29 is 4.55 Å². The van der Waals surface area contributed by atoms with Gasteiger partial charge in [0.05, 0.1) is 4.75 Å². The van der Waals surface area contributed by atoms with Crippen molar-refractivity contribution in [1.82, 2.24) is 0 Å². The summed E-state index contributed by atoms with van der Waals surface area (Å²) >= 11 is 0.821. The maximum absolute atomic E-state index is 9.17. The first kappa shape index (κ1) is 11.6. The summed E-state index contributed by atoms with van der Waals surface area (Å²) in [4.78, 5) is 0. The Bertz CT molecular complexity index is 163. The van der Waals surface area contributed by atoms with Crippen LogP contribution in [0.2, 0.25) is 0 Å². The van der Waals surface area contributed by atoms with Gasteiger partial charge in [0.1, 0.15) is 0 Å². The average molecular weight is 187 g/mol. The number of hydrogen-bond donors (Lipinski definition) is 2. The third kappa shape index (κ3) is 2.57. The maximum atomic E-state index is 9.17. The van der Waals surface area contributed by atoms with Crippen molar-refractivity contribution in [2.45, 2.75) is 25.5 Å². The Morgan fingerprint density at radius 1 is 1.42 bits per heavy atom. The van der Waals surface area contributed by atoms with Crippen LogP contribution >= 0.6 is 12.0 Å². The third-order valence-corrected chi connectivity index (χ3v) is 2.90. The molecule has 70 valence electrons. The molecule has 3 N–H and O–H groups in total. The van der Waals surface area contributed by atoms with Gasteiger partial charge in [0, 0.05) is 12.0 Å². The van der Waals surface area contributed by atoms with Crippen LogP contribution in [-0.2, 0) is 0 Å². The smallest absolute Gasteiger partial charge is 0.0818 e. The molecule has 0 aromatic carbocycles. The first-order chi connectivity index (χ1) is 5.63. The van der Waals surface area contributed by atoms with E-state index < -0.39 is 0 Å². The molecule has 0 radical (unpaired) electrons. The van der Waals surface area contributed by atoms with Crippen LogP contribution in [0.3, 0.4) is 0 Å². The highest BCUT2D eigenvalue weighted by Crippen LogP contribution is 2.33. The Labute approximate surface area is 78.7 Å². The molecule has 12 heavy (non-hydrogen) atoms. The summed E-state index contributed by atoms with van der Waals surface area (Å²) in [7, 11) is 0. The van der Waals surface area contributed by atoms with Gasteiger partial charge in [0.15, 0.2) is 0 Å². The second-order valence-electron chi connectivity index (χ2n) is 2.96. The normalized spacial score (nSPS) is 17.8. The summed E-state index contributed by atoms with van der Waals surface area (Å²) in [6.07, 6.45) is 7.15. The van der Waals surface area contributed by atoms with Gasteiger partial charge in [-0.05, 0) is 25.1 Å². The molecule has 0 saturated carbocycles. The van der Waals surface area contributed by atoms with E-state index >= 15 is 0 Å². The summed E-state index contributed by atoms with van der Waals surface area (Å²) < 4.78 is 8.80. The molecule has 0 aliphatic rings. The molecular formula is C9H17NOS. The quantitative estimate of drug-likeness (QED) is 0.525. The molecular weight excluding hydrogens is 170 g/mol. The zero-order valence-corrected chi connectivity index (χ0v) is 8.64. The van der Waals surface area contributed by atoms with Gasteiger partial charge in [-0.15, -0.1) is 0 Å². The van der Waals surface area contributed by atoms with Gasteiger partial charge in [-0.25, -0.2) is 0 Å². The minimum Gasteiger partial charge on any atom is -0.405 e. The largest absolute Gasteiger partial charge is 0.405 e. The van der Waals surface area contributed by atoms with E-state index in [1.165, 1.54) is 6.20 Å². The number of hydrogen-bond acceptors (Lipinski definition) is 3. The lowest BCUT2D eigenvalue weighted by molar-refractivity contribution is 0.550. The van der Waals surface area contributed by atoms with Crippen molar-refractivity contribution in [2.24, 2.45) is 11.7 Å². The molecule has 0 aromatic rings. The van der Waals surface area contributed by atoms with Gasteiger partial charge >= 0.3 is 0 Å². The van der Waals surface area contributed by atoms with Crippen LogP contribution < -0.4 is 5.73 Å². The van der Waals surface area contributed by atoms with Crippen LogP contribution in [0.15, 0.2) is 24.4 Å². The Morgan fingerprint density at radius 2 is 2.00 bits per heavy atom. The van der Waals surface area contributed by atoms with Gasteiger partial charge in [-0.3, -0.25) is 0 Å². The predicted molar refractivity (Wildman–Crippen MR) is 55.9 cm³/mol. The van der Waals surface area contributed by atoms with E-state index in [0.29, 0.717) is 5.92 Å². The molecule has 0 heterocycles. The van der Waals surface area contributed by atoms with Crippen molar-refractivity contribution in [2.75, 3.05) is 0 Å². The Morgan fingerprint density at radius 3 is 2.25 bits per heavy atom. The predicted octanol–water partition coefficient (Wildman–Crippen LogP) is 2.64. The van der Waals surface area contributed by atoms with Crippen LogP contribution in [0.4, 0.5) is 0 Å². The van der Waals surface area contributed by atoms with E-state index in [0.717, 1.165) is 12.0 Å². The lowest BCUT2D eigenvalue weighted by Gasteiger charge is -2.27. The summed E-state index contributed by atoms with van der Waals surface area (Å²) in [6.45, 7) is 6.02. The van der Waals surface area contributed by atoms with Gasteiger partial charge < -0.3 is 10.3 Å². The molecule has 0 aromatic heterocycles. The van der Waals surface area contributed by atoms with Crippen molar-refractivity contribution in [3.63, 3.8) is 0 Å². The molecule has 3 heteroatoms. The first-order valence-corrected chi connectivity index (χ1v) is 4.76. The van der Waals surface area contributed by atoms with Gasteiger partial charge in [-0.1, -0.05) is 26.0 Å². The van der Waals surface area contributed by atoms with Gasteiger partial charge in [0.2, 0.25) is 0 Å². The fourth-order valence-corrected chi connectivity index (χ4v) is 1.56. The second-order valence-corrected chi connectivity index (χ2v) is 3.85. The van der Waals surface area contributed by atoms with E-state index in [1.54, 1.807) is 0 Å². The highest BCUT2D eigenvalue weighted by molar-refractivity contribution is 7.95. The Hall–Kier alpha value is -0.410. The maximum Gasteiger partial charge on any atom is 0.0818 e. The van der Waals surface area contributed by atoms with Crippen LogP contribution in [-0.4, -0.2) is 9.30 Å². The highest BCUT2D eigenvalue weighted by Gasteiger charge is 2.28. The van der Waals surface area contributed by atoms with Crippen molar-refractivity contribution >= 4 is 12.0 Å². The molecule has 0 saturated heterocycles. The van der Waals surface area contributed by atoms with E-state index in [9.17, 15) is 0 Å². The van der Waals surface area contributed by atoms with Crippen molar-refractivity contribution in [3.8, 4) is 0 Å². The van der Waals surface area contributed by atoms with Crippen LogP contribution in [0.5, 0.6) is 0 Å². The third-order valence-electron chi connectivity index (χ3n) is 1.84. The van der Waals surface area contributed by atoms with E-state index in [2.05, 4.69) is 0 Å². The summed E-state index contributed by atoms with van der Waals surface area (Å²) in [5, 5.41) is 0. The molecule has 0 bridgehead atoms. The SMILES string of the molecule is CC=CC(C=CN)(SO)C(C)C. The highest BCUT2D eigenvalue weighted by atomic mass is 32.2. The van der Waals surface area contributed by atoms with Crippen molar-refractivity contribution in [1.29, 1.82) is 0 Å². The fourth-order valence-electron chi connectivity index (χ4n) is 1.02. The molecule has 0 fully saturated rings. The number of allylic oxidation sites excluding steroid dienone is 1. The van der Waals surface area contributed by atoms with Crippen molar-refractivity contribution in [3.05, 3.63) is 24.4 Å². The first-order valence-electron chi connectivity index (χ1n) is 3.98. The molecule has 0 spiro atoms. The minimum absolute atomic E-state index is 0.309. The molecule has 0 rings (SSSR count). The minimum atomic E-state index is -0.372. The Balaban J connectivity index is 4.75.